The zero-order chi connectivity index (χ0) is 14.2. The fourth-order valence-electron chi connectivity index (χ4n) is 5.02. The van der Waals surface area contributed by atoms with E-state index >= 15 is 0 Å². The van der Waals surface area contributed by atoms with Gasteiger partial charge in [-0.1, -0.05) is 34.6 Å². The van der Waals surface area contributed by atoms with Crippen LogP contribution in [0, 0.1) is 41.4 Å². The molecule has 2 saturated carbocycles. The fourth-order valence-corrected chi connectivity index (χ4v) is 5.02. The van der Waals surface area contributed by atoms with E-state index in [1.54, 1.807) is 0 Å². The molecule has 1 heteroatoms. The van der Waals surface area contributed by atoms with Crippen molar-refractivity contribution < 1.29 is 0 Å². The van der Waals surface area contributed by atoms with Crippen molar-refractivity contribution >= 4 is 0 Å². The van der Waals surface area contributed by atoms with Gasteiger partial charge in [0.1, 0.15) is 0 Å². The minimum absolute atomic E-state index is 0.445. The van der Waals surface area contributed by atoms with E-state index in [4.69, 9.17) is 5.73 Å². The number of hydrogen-bond acceptors (Lipinski definition) is 1. The largest absolute Gasteiger partial charge is 0.327 e. The maximum atomic E-state index is 6.28. The van der Waals surface area contributed by atoms with Crippen molar-refractivity contribution in [3.63, 3.8) is 0 Å². The summed E-state index contributed by atoms with van der Waals surface area (Å²) in [5, 5.41) is 0. The Balaban J connectivity index is 1.88. The van der Waals surface area contributed by atoms with E-state index < -0.39 is 0 Å². The van der Waals surface area contributed by atoms with Gasteiger partial charge in [0.15, 0.2) is 0 Å². The molecule has 4 unspecified atom stereocenters. The smallest absolute Gasteiger partial charge is 0.00905 e. The van der Waals surface area contributed by atoms with Crippen molar-refractivity contribution in [2.45, 2.75) is 72.8 Å². The molecule has 19 heavy (non-hydrogen) atoms. The SMILES string of the molecule is CC1CC(CC2CC(C)C(N)C(C)C2)CC(C)C1C. The topological polar surface area (TPSA) is 26.0 Å². The summed E-state index contributed by atoms with van der Waals surface area (Å²) in [7, 11) is 0. The molecule has 0 aliphatic heterocycles. The highest BCUT2D eigenvalue weighted by Gasteiger charge is 2.35. The molecule has 0 aromatic carbocycles. The van der Waals surface area contributed by atoms with Crippen molar-refractivity contribution in [1.29, 1.82) is 0 Å². The van der Waals surface area contributed by atoms with Crippen molar-refractivity contribution in [3.05, 3.63) is 0 Å². The minimum Gasteiger partial charge on any atom is -0.327 e. The van der Waals surface area contributed by atoms with E-state index in [-0.39, 0.29) is 0 Å². The van der Waals surface area contributed by atoms with Gasteiger partial charge in [0.2, 0.25) is 0 Å². The lowest BCUT2D eigenvalue weighted by Crippen LogP contribution is -2.41. The molecule has 0 aromatic heterocycles. The Kier molecular flexibility index (Phi) is 4.98. The van der Waals surface area contributed by atoms with Gasteiger partial charge in [-0.3, -0.25) is 0 Å². The van der Waals surface area contributed by atoms with Crippen molar-refractivity contribution in [3.8, 4) is 0 Å². The monoisotopic (exact) mass is 265 g/mol. The van der Waals surface area contributed by atoms with Crippen LogP contribution < -0.4 is 5.73 Å². The first-order chi connectivity index (χ1) is 8.88. The van der Waals surface area contributed by atoms with Gasteiger partial charge in [-0.2, -0.15) is 0 Å². The lowest BCUT2D eigenvalue weighted by atomic mass is 9.65. The molecule has 0 bridgehead atoms. The Hall–Kier alpha value is -0.0400. The van der Waals surface area contributed by atoms with Crippen molar-refractivity contribution in [2.75, 3.05) is 0 Å². The second-order valence-electron chi connectivity index (χ2n) is 8.26. The quantitative estimate of drug-likeness (QED) is 0.769. The molecule has 0 aromatic rings. The second kappa shape index (κ2) is 6.16. The summed E-state index contributed by atoms with van der Waals surface area (Å²) in [6.45, 7) is 12.1. The number of nitrogens with two attached hydrogens (primary N) is 1. The molecule has 0 spiro atoms. The van der Waals surface area contributed by atoms with Crippen LogP contribution in [0.1, 0.15) is 66.7 Å². The molecule has 2 fully saturated rings. The van der Waals surface area contributed by atoms with Gasteiger partial charge in [-0.25, -0.2) is 0 Å². The summed E-state index contributed by atoms with van der Waals surface area (Å²) in [6.07, 6.45) is 7.16. The molecule has 0 amide bonds. The molecular formula is C18H35N. The van der Waals surface area contributed by atoms with Crippen LogP contribution in [0.2, 0.25) is 0 Å². The van der Waals surface area contributed by atoms with Gasteiger partial charge in [0, 0.05) is 6.04 Å². The van der Waals surface area contributed by atoms with Crippen LogP contribution in [0.4, 0.5) is 0 Å². The molecule has 0 radical (unpaired) electrons. The molecule has 2 rings (SSSR count). The number of hydrogen-bond donors (Lipinski definition) is 1. The summed E-state index contributed by atoms with van der Waals surface area (Å²) in [5.41, 5.74) is 6.28. The number of rotatable bonds is 2. The third-order valence-corrected chi connectivity index (χ3v) is 6.60. The van der Waals surface area contributed by atoms with Crippen LogP contribution in [-0.4, -0.2) is 6.04 Å². The summed E-state index contributed by atoms with van der Waals surface area (Å²) in [4.78, 5) is 0. The van der Waals surface area contributed by atoms with Crippen LogP contribution >= 0.6 is 0 Å². The van der Waals surface area contributed by atoms with E-state index in [9.17, 15) is 0 Å². The maximum absolute atomic E-state index is 6.28. The van der Waals surface area contributed by atoms with Crippen molar-refractivity contribution in [1.82, 2.24) is 0 Å². The molecule has 1 nitrogen and oxygen atoms in total. The summed E-state index contributed by atoms with van der Waals surface area (Å²) < 4.78 is 0. The van der Waals surface area contributed by atoms with Crippen LogP contribution in [0.5, 0.6) is 0 Å². The lowest BCUT2D eigenvalue weighted by Gasteiger charge is -2.42. The predicted octanol–water partition coefficient (Wildman–Crippen LogP) is 4.70. The van der Waals surface area contributed by atoms with E-state index in [1.807, 2.05) is 0 Å². The zero-order valence-corrected chi connectivity index (χ0v) is 13.7. The van der Waals surface area contributed by atoms with E-state index in [0.717, 1.165) is 41.4 Å². The highest BCUT2D eigenvalue weighted by Crippen LogP contribution is 2.43. The van der Waals surface area contributed by atoms with E-state index in [0.29, 0.717) is 6.04 Å². The van der Waals surface area contributed by atoms with Crippen LogP contribution in [0.25, 0.3) is 0 Å². The Morgan fingerprint density at radius 3 is 1.47 bits per heavy atom. The normalized spacial score (nSPS) is 52.1. The first-order valence-corrected chi connectivity index (χ1v) is 8.64. The predicted molar refractivity (Wildman–Crippen MR) is 83.9 cm³/mol. The molecule has 0 heterocycles. The maximum Gasteiger partial charge on any atom is 0.00905 e. The highest BCUT2D eigenvalue weighted by atomic mass is 14.7. The Morgan fingerprint density at radius 2 is 1.05 bits per heavy atom. The van der Waals surface area contributed by atoms with Crippen LogP contribution in [0.15, 0.2) is 0 Å². The van der Waals surface area contributed by atoms with Gasteiger partial charge >= 0.3 is 0 Å². The van der Waals surface area contributed by atoms with Crippen LogP contribution in [-0.2, 0) is 0 Å². The van der Waals surface area contributed by atoms with Gasteiger partial charge in [0.05, 0.1) is 0 Å². The third-order valence-electron chi connectivity index (χ3n) is 6.60. The van der Waals surface area contributed by atoms with Gasteiger partial charge in [0.25, 0.3) is 0 Å². The van der Waals surface area contributed by atoms with Crippen LogP contribution in [0.3, 0.4) is 0 Å². The summed E-state index contributed by atoms with van der Waals surface area (Å²) >= 11 is 0. The van der Waals surface area contributed by atoms with E-state index in [1.165, 1.54) is 32.1 Å². The minimum atomic E-state index is 0.445. The first-order valence-electron chi connectivity index (χ1n) is 8.64. The average molecular weight is 265 g/mol. The van der Waals surface area contributed by atoms with E-state index in [2.05, 4.69) is 34.6 Å². The fraction of sp³-hybridized carbons (Fsp3) is 1.00. The molecule has 112 valence electrons. The van der Waals surface area contributed by atoms with Gasteiger partial charge < -0.3 is 5.73 Å². The Bertz CT molecular complexity index is 235. The lowest BCUT2D eigenvalue weighted by molar-refractivity contribution is 0.0980. The third kappa shape index (κ3) is 3.54. The highest BCUT2D eigenvalue weighted by molar-refractivity contribution is 4.87. The molecule has 2 aliphatic carbocycles. The average Bonchev–Trinajstić information content (AvgIpc) is 2.33. The zero-order valence-electron chi connectivity index (χ0n) is 13.7. The first kappa shape index (κ1) is 15.4. The molecule has 0 saturated heterocycles. The molecule has 2 aliphatic rings. The molecular weight excluding hydrogens is 230 g/mol. The standard InChI is InChI=1S/C18H35N/c1-11-6-16(7-12(2)15(11)5)10-17-8-13(3)18(19)14(4)9-17/h11-18H,6-10,19H2,1-5H3. The Morgan fingerprint density at radius 1 is 0.684 bits per heavy atom. The van der Waals surface area contributed by atoms with Gasteiger partial charge in [-0.05, 0) is 73.5 Å². The van der Waals surface area contributed by atoms with Gasteiger partial charge in [-0.15, -0.1) is 0 Å². The summed E-state index contributed by atoms with van der Waals surface area (Å²) in [5.74, 6) is 6.16. The molecule has 4 atom stereocenters. The second-order valence-corrected chi connectivity index (χ2v) is 8.26. The van der Waals surface area contributed by atoms with Crippen molar-refractivity contribution in [2.24, 2.45) is 47.2 Å². The molecule has 2 N–H and O–H groups in total. The Labute approximate surface area is 120 Å². The summed E-state index contributed by atoms with van der Waals surface area (Å²) in [6, 6.07) is 0.445.